The second kappa shape index (κ2) is 6.67. The van der Waals surface area contributed by atoms with Crippen LogP contribution in [0.1, 0.15) is 27.2 Å². The number of primary amides is 1. The number of alkyl carbamates (subject to hydrolysis) is 1. The lowest BCUT2D eigenvalue weighted by molar-refractivity contribution is -0.139. The molecule has 0 aliphatic carbocycles. The van der Waals surface area contributed by atoms with Crippen LogP contribution in [-0.2, 0) is 9.53 Å². The molecule has 0 aliphatic heterocycles. The monoisotopic (exact) mass is 261 g/mol. The van der Waals surface area contributed by atoms with Crippen molar-refractivity contribution in [3.05, 3.63) is 0 Å². The van der Waals surface area contributed by atoms with Gasteiger partial charge in [-0.05, 0) is 27.2 Å². The first-order valence-corrected chi connectivity index (χ1v) is 5.37. The fraction of sp³-hybridized carbons (Fsp3) is 0.700. The predicted molar refractivity (Wildman–Crippen MR) is 63.0 cm³/mol. The normalized spacial score (nSPS) is 12.4. The molecule has 1 atom stereocenters. The maximum atomic E-state index is 11.4. The summed E-state index contributed by atoms with van der Waals surface area (Å²) in [6.07, 6.45) is -0.814. The van der Waals surface area contributed by atoms with E-state index in [1.165, 1.54) is 0 Å². The molecule has 0 aromatic rings. The lowest BCUT2D eigenvalue weighted by atomic mass is 10.2. The molecule has 0 spiro atoms. The number of hydrogen-bond donors (Lipinski definition) is 4. The Morgan fingerprint density at radius 1 is 1.33 bits per heavy atom. The van der Waals surface area contributed by atoms with Crippen molar-refractivity contribution in [3.8, 4) is 0 Å². The van der Waals surface area contributed by atoms with Gasteiger partial charge in [0, 0.05) is 6.54 Å². The minimum atomic E-state index is -1.22. The molecule has 0 aromatic carbocycles. The van der Waals surface area contributed by atoms with Crippen molar-refractivity contribution >= 4 is 18.1 Å². The standard InChI is InChI=1S/C10H19N3O5/c1-10(2,3)18-9(17)13-6(7(14)15)4-5-12-8(11)16/h6H,4-5H2,1-3H3,(H,13,17)(H,14,15)(H3,11,12,16)/t6-/m0/s1. The van der Waals surface area contributed by atoms with Gasteiger partial charge in [0.25, 0.3) is 0 Å². The van der Waals surface area contributed by atoms with Crippen LogP contribution in [0.15, 0.2) is 0 Å². The van der Waals surface area contributed by atoms with Gasteiger partial charge in [-0.2, -0.15) is 0 Å². The van der Waals surface area contributed by atoms with Crippen LogP contribution in [-0.4, -0.2) is 41.4 Å². The summed E-state index contributed by atoms with van der Waals surface area (Å²) in [6.45, 7) is 5.03. The Hall–Kier alpha value is -1.99. The molecule has 0 radical (unpaired) electrons. The van der Waals surface area contributed by atoms with Crippen molar-refractivity contribution in [1.82, 2.24) is 10.6 Å². The third kappa shape index (κ3) is 8.20. The molecule has 0 bridgehead atoms. The van der Waals surface area contributed by atoms with E-state index in [-0.39, 0.29) is 13.0 Å². The Morgan fingerprint density at radius 3 is 2.28 bits per heavy atom. The summed E-state index contributed by atoms with van der Waals surface area (Å²) in [7, 11) is 0. The van der Waals surface area contributed by atoms with Gasteiger partial charge < -0.3 is 26.2 Å². The highest BCUT2D eigenvalue weighted by atomic mass is 16.6. The van der Waals surface area contributed by atoms with Crippen LogP contribution in [0.4, 0.5) is 9.59 Å². The third-order valence-corrected chi connectivity index (χ3v) is 1.72. The van der Waals surface area contributed by atoms with Gasteiger partial charge in [-0.15, -0.1) is 0 Å². The molecule has 18 heavy (non-hydrogen) atoms. The van der Waals surface area contributed by atoms with Gasteiger partial charge in [0.1, 0.15) is 11.6 Å². The first-order chi connectivity index (χ1) is 8.11. The van der Waals surface area contributed by atoms with E-state index in [1.54, 1.807) is 20.8 Å². The summed E-state index contributed by atoms with van der Waals surface area (Å²) in [6, 6.07) is -1.90. The van der Waals surface area contributed by atoms with Gasteiger partial charge >= 0.3 is 18.1 Å². The van der Waals surface area contributed by atoms with Crippen molar-refractivity contribution in [2.24, 2.45) is 5.73 Å². The van der Waals surface area contributed by atoms with Gasteiger partial charge in [-0.3, -0.25) is 0 Å². The topological polar surface area (TPSA) is 131 Å². The van der Waals surface area contributed by atoms with Crippen molar-refractivity contribution in [3.63, 3.8) is 0 Å². The number of rotatable bonds is 5. The molecule has 0 saturated carbocycles. The van der Waals surface area contributed by atoms with E-state index < -0.39 is 29.7 Å². The number of ether oxygens (including phenoxy) is 1. The molecule has 5 N–H and O–H groups in total. The third-order valence-electron chi connectivity index (χ3n) is 1.72. The number of carboxylic acid groups (broad SMARTS) is 1. The molecule has 104 valence electrons. The SMILES string of the molecule is CC(C)(C)OC(=O)N[C@@H](CCNC(N)=O)C(=O)O. The number of carbonyl (C=O) groups excluding carboxylic acids is 2. The molecule has 0 rings (SSSR count). The number of carbonyl (C=O) groups is 3. The van der Waals surface area contributed by atoms with Crippen LogP contribution in [0.3, 0.4) is 0 Å². The van der Waals surface area contributed by atoms with Crippen molar-refractivity contribution in [1.29, 1.82) is 0 Å². The highest BCUT2D eigenvalue weighted by Crippen LogP contribution is 2.07. The fourth-order valence-electron chi connectivity index (χ4n) is 1.05. The van der Waals surface area contributed by atoms with Crippen molar-refractivity contribution in [2.75, 3.05) is 6.54 Å². The second-order valence-electron chi connectivity index (χ2n) is 4.62. The summed E-state index contributed by atoms with van der Waals surface area (Å²) in [5, 5.41) is 13.3. The number of carboxylic acids is 1. The summed E-state index contributed by atoms with van der Waals surface area (Å²) < 4.78 is 4.92. The Labute approximate surface area is 105 Å². The minimum absolute atomic E-state index is 0.0114. The van der Waals surface area contributed by atoms with Crippen LogP contribution in [0.25, 0.3) is 0 Å². The number of urea groups is 1. The quantitative estimate of drug-likeness (QED) is 0.554. The maximum Gasteiger partial charge on any atom is 0.408 e. The zero-order valence-corrected chi connectivity index (χ0v) is 10.6. The van der Waals surface area contributed by atoms with Crippen molar-refractivity contribution in [2.45, 2.75) is 38.8 Å². The summed E-state index contributed by atoms with van der Waals surface area (Å²) in [5.74, 6) is -1.22. The van der Waals surface area contributed by atoms with Crippen molar-refractivity contribution < 1.29 is 24.2 Å². The molecular weight excluding hydrogens is 242 g/mol. The number of nitrogens with one attached hydrogen (secondary N) is 2. The molecule has 8 nitrogen and oxygen atoms in total. The van der Waals surface area contributed by atoms with Gasteiger partial charge in [-0.1, -0.05) is 0 Å². The van der Waals surface area contributed by atoms with Crippen LogP contribution in [0.2, 0.25) is 0 Å². The number of hydrogen-bond acceptors (Lipinski definition) is 4. The smallest absolute Gasteiger partial charge is 0.408 e. The fourth-order valence-corrected chi connectivity index (χ4v) is 1.05. The lowest BCUT2D eigenvalue weighted by Gasteiger charge is -2.21. The Balaban J connectivity index is 4.23. The first-order valence-electron chi connectivity index (χ1n) is 5.37. The molecule has 3 amide bonds. The molecule has 8 heteroatoms. The maximum absolute atomic E-state index is 11.4. The summed E-state index contributed by atoms with van der Waals surface area (Å²) in [4.78, 5) is 32.6. The summed E-state index contributed by atoms with van der Waals surface area (Å²) >= 11 is 0. The molecule has 0 saturated heterocycles. The highest BCUT2D eigenvalue weighted by Gasteiger charge is 2.23. The average molecular weight is 261 g/mol. The van der Waals surface area contributed by atoms with Gasteiger partial charge in [0.2, 0.25) is 0 Å². The molecule has 0 heterocycles. The van der Waals surface area contributed by atoms with E-state index in [1.807, 2.05) is 0 Å². The molecule has 0 unspecified atom stereocenters. The number of amides is 3. The predicted octanol–water partition coefficient (Wildman–Crippen LogP) is 0.0227. The van der Waals surface area contributed by atoms with Crippen LogP contribution < -0.4 is 16.4 Å². The van der Waals surface area contributed by atoms with E-state index in [0.717, 1.165) is 0 Å². The van der Waals surface area contributed by atoms with Gasteiger partial charge in [-0.25, -0.2) is 14.4 Å². The van der Waals surface area contributed by atoms with Crippen LogP contribution in [0.5, 0.6) is 0 Å². The number of aliphatic carboxylic acids is 1. The minimum Gasteiger partial charge on any atom is -0.480 e. The Bertz CT molecular complexity index is 324. The van der Waals surface area contributed by atoms with Gasteiger partial charge in [0.15, 0.2) is 0 Å². The van der Waals surface area contributed by atoms with Gasteiger partial charge in [0.05, 0.1) is 0 Å². The highest BCUT2D eigenvalue weighted by molar-refractivity contribution is 5.80. The Morgan fingerprint density at radius 2 is 1.89 bits per heavy atom. The largest absolute Gasteiger partial charge is 0.480 e. The van der Waals surface area contributed by atoms with Crippen LogP contribution >= 0.6 is 0 Å². The number of nitrogens with two attached hydrogens (primary N) is 1. The van der Waals surface area contributed by atoms with E-state index in [4.69, 9.17) is 15.6 Å². The Kier molecular flexibility index (Phi) is 5.94. The van der Waals surface area contributed by atoms with E-state index >= 15 is 0 Å². The van der Waals surface area contributed by atoms with E-state index in [2.05, 4.69) is 10.6 Å². The van der Waals surface area contributed by atoms with E-state index in [9.17, 15) is 14.4 Å². The first kappa shape index (κ1) is 16.0. The molecular formula is C10H19N3O5. The molecule has 0 aromatic heterocycles. The van der Waals surface area contributed by atoms with E-state index in [0.29, 0.717) is 0 Å². The second-order valence-corrected chi connectivity index (χ2v) is 4.62. The lowest BCUT2D eigenvalue weighted by Crippen LogP contribution is -2.45. The average Bonchev–Trinajstić information content (AvgIpc) is 2.12. The zero-order chi connectivity index (χ0) is 14.3. The molecule has 0 fully saturated rings. The zero-order valence-electron chi connectivity index (χ0n) is 10.6. The summed E-state index contributed by atoms with van der Waals surface area (Å²) in [5.41, 5.74) is 4.12. The molecule has 0 aliphatic rings. The van der Waals surface area contributed by atoms with Crippen LogP contribution in [0, 0.1) is 0 Å².